The van der Waals surface area contributed by atoms with Gasteiger partial charge >= 0.3 is 0 Å². The lowest BCUT2D eigenvalue weighted by Gasteiger charge is -2.18. The maximum absolute atomic E-state index is 10.4. The summed E-state index contributed by atoms with van der Waals surface area (Å²) in [5, 5.41) is 23.4. The van der Waals surface area contributed by atoms with Crippen molar-refractivity contribution in [3.05, 3.63) is 71.1 Å². The van der Waals surface area contributed by atoms with Crippen LogP contribution in [0.25, 0.3) is 11.3 Å². The average molecular weight is 414 g/mol. The van der Waals surface area contributed by atoms with Crippen LogP contribution in [0.15, 0.2) is 60.5 Å². The van der Waals surface area contributed by atoms with Crippen LogP contribution in [0.1, 0.15) is 37.3 Å². The number of methoxy groups -OCH3 is 1. The van der Waals surface area contributed by atoms with E-state index in [-0.39, 0.29) is 5.76 Å². The quantitative estimate of drug-likeness (QED) is 0.244. The highest BCUT2D eigenvalue weighted by Crippen LogP contribution is 2.30. The lowest BCUT2D eigenvalue weighted by Crippen LogP contribution is -2.26. The monoisotopic (exact) mass is 413 g/mol. The molecule has 0 radical (unpaired) electrons. The van der Waals surface area contributed by atoms with Gasteiger partial charge in [0.1, 0.15) is 16.5 Å². The number of aliphatic hydroxyl groups is 1. The Kier molecular flexibility index (Phi) is 8.51. The van der Waals surface area contributed by atoms with Crippen LogP contribution in [0.5, 0.6) is 5.75 Å². The van der Waals surface area contributed by atoms with Gasteiger partial charge in [-0.05, 0) is 31.5 Å². The fraction of sp³-hybridized carbons (Fsp3) is 0.227. The molecule has 0 saturated carbocycles. The lowest BCUT2D eigenvalue weighted by molar-refractivity contribution is 0.273. The zero-order valence-electron chi connectivity index (χ0n) is 16.9. The van der Waals surface area contributed by atoms with E-state index in [2.05, 4.69) is 30.0 Å². The second kappa shape index (κ2) is 11.1. The van der Waals surface area contributed by atoms with Crippen molar-refractivity contribution in [2.45, 2.75) is 26.7 Å². The topological polar surface area (TPSA) is 77.9 Å². The van der Waals surface area contributed by atoms with Crippen LogP contribution < -0.4 is 15.3 Å². The Hall–Kier alpha value is -3.03. The number of nitrogens with one attached hydrogen (secondary N) is 1. The Morgan fingerprint density at radius 3 is 2.86 bits per heavy atom. The first-order chi connectivity index (χ1) is 14.0. The van der Waals surface area contributed by atoms with Crippen molar-refractivity contribution in [2.24, 2.45) is 0 Å². The Morgan fingerprint density at radius 2 is 2.21 bits per heavy atom. The molecule has 6 nitrogen and oxygen atoms in total. The van der Waals surface area contributed by atoms with E-state index in [0.717, 1.165) is 28.6 Å². The molecule has 1 aromatic carbocycles. The summed E-state index contributed by atoms with van der Waals surface area (Å²) in [6.07, 6.45) is 12.2. The van der Waals surface area contributed by atoms with E-state index < -0.39 is 0 Å². The molecule has 0 unspecified atom stereocenters. The first kappa shape index (κ1) is 22.3. The Labute approximate surface area is 175 Å². The van der Waals surface area contributed by atoms with Crippen molar-refractivity contribution >= 4 is 34.2 Å². The molecule has 7 heteroatoms. The molecule has 0 saturated heterocycles. The number of hydrogen-bond donors (Lipinski definition) is 3. The molecule has 154 valence electrons. The summed E-state index contributed by atoms with van der Waals surface area (Å²) in [5.74, 6) is 0.745. The number of aromatic nitrogens is 1. The number of hydrazine groups is 1. The molecule has 0 aliphatic rings. The van der Waals surface area contributed by atoms with E-state index >= 15 is 0 Å². The predicted molar refractivity (Wildman–Crippen MR) is 121 cm³/mol. The maximum Gasteiger partial charge on any atom is 0.187 e. The zero-order valence-corrected chi connectivity index (χ0v) is 17.7. The number of anilines is 2. The molecule has 0 aliphatic carbocycles. The van der Waals surface area contributed by atoms with Gasteiger partial charge in [0.25, 0.3) is 0 Å². The SMILES string of the molecule is C=C(O)c1ccc(NN(O)c2csc(C(/C=C\C)=C/C=C\CCC)n2)c(OC)c1. The molecule has 0 fully saturated rings. The van der Waals surface area contributed by atoms with E-state index in [4.69, 9.17) is 4.74 Å². The average Bonchev–Trinajstić information content (AvgIpc) is 3.20. The van der Waals surface area contributed by atoms with Crippen molar-refractivity contribution in [2.75, 3.05) is 17.7 Å². The molecular weight excluding hydrogens is 386 g/mol. The summed E-state index contributed by atoms with van der Waals surface area (Å²) in [7, 11) is 1.51. The number of hydrogen-bond acceptors (Lipinski definition) is 7. The normalized spacial score (nSPS) is 11.9. The number of aliphatic hydroxyl groups excluding tert-OH is 1. The van der Waals surface area contributed by atoms with Gasteiger partial charge in [0.15, 0.2) is 5.82 Å². The van der Waals surface area contributed by atoms with Crippen molar-refractivity contribution < 1.29 is 15.1 Å². The highest BCUT2D eigenvalue weighted by molar-refractivity contribution is 7.11. The molecule has 29 heavy (non-hydrogen) atoms. The number of thiazole rings is 1. The fourth-order valence-corrected chi connectivity index (χ4v) is 3.23. The van der Waals surface area contributed by atoms with Crippen LogP contribution >= 0.6 is 11.3 Å². The molecule has 1 heterocycles. The minimum Gasteiger partial charge on any atom is -0.508 e. The number of benzene rings is 1. The zero-order chi connectivity index (χ0) is 21.2. The first-order valence-corrected chi connectivity index (χ1v) is 10.2. The standard InChI is InChI=1S/C22H27N3O3S/c1-5-7-8-9-11-17(10-6-2)22-23-21(15-29-22)25(27)24-19-13-12-18(16(3)26)14-20(19)28-4/h6,8-15,24,26-27H,3,5,7H2,1-2,4H3/b9-8-,10-6-,17-11+. The van der Waals surface area contributed by atoms with Crippen LogP contribution in [0.4, 0.5) is 11.5 Å². The van der Waals surface area contributed by atoms with E-state index in [9.17, 15) is 10.3 Å². The maximum atomic E-state index is 10.4. The van der Waals surface area contributed by atoms with Crippen molar-refractivity contribution in [3.8, 4) is 5.75 Å². The largest absolute Gasteiger partial charge is 0.508 e. The summed E-state index contributed by atoms with van der Waals surface area (Å²) in [5.41, 5.74) is 4.85. The molecule has 1 aromatic heterocycles. The molecule has 0 spiro atoms. The van der Waals surface area contributed by atoms with E-state index in [1.54, 1.807) is 23.6 Å². The summed E-state index contributed by atoms with van der Waals surface area (Å²) in [6.45, 7) is 7.59. The third-order valence-electron chi connectivity index (χ3n) is 3.93. The second-order valence-electron chi connectivity index (χ2n) is 6.14. The summed E-state index contributed by atoms with van der Waals surface area (Å²) < 4.78 is 5.32. The minimum atomic E-state index is -0.0591. The van der Waals surface area contributed by atoms with Gasteiger partial charge in [-0.15, -0.1) is 16.5 Å². The van der Waals surface area contributed by atoms with Crippen LogP contribution in [0, 0.1) is 0 Å². The summed E-state index contributed by atoms with van der Waals surface area (Å²) in [6, 6.07) is 4.97. The number of nitrogens with zero attached hydrogens (tertiary/aromatic N) is 2. The van der Waals surface area contributed by atoms with Gasteiger partial charge in [-0.25, -0.2) is 4.98 Å². The van der Waals surface area contributed by atoms with Gasteiger partial charge in [0, 0.05) is 16.5 Å². The van der Waals surface area contributed by atoms with Crippen LogP contribution in [-0.2, 0) is 0 Å². The third kappa shape index (κ3) is 6.23. The third-order valence-corrected chi connectivity index (χ3v) is 4.81. The Balaban J connectivity index is 2.20. The van der Waals surface area contributed by atoms with Crippen LogP contribution in [-0.4, -0.2) is 22.4 Å². The second-order valence-corrected chi connectivity index (χ2v) is 6.99. The number of ether oxygens (including phenoxy) is 1. The van der Waals surface area contributed by atoms with E-state index in [0.29, 0.717) is 22.8 Å². The van der Waals surface area contributed by atoms with Gasteiger partial charge in [-0.3, -0.25) is 10.6 Å². The Bertz CT molecular complexity index is 916. The van der Waals surface area contributed by atoms with Crippen molar-refractivity contribution in [1.29, 1.82) is 0 Å². The number of allylic oxidation sites excluding steroid dienone is 6. The van der Waals surface area contributed by atoms with Gasteiger partial charge in [-0.1, -0.05) is 50.3 Å². The van der Waals surface area contributed by atoms with Gasteiger partial charge in [-0.2, -0.15) is 0 Å². The number of unbranched alkanes of at least 4 members (excludes halogenated alkanes) is 1. The highest BCUT2D eigenvalue weighted by atomic mass is 32.1. The fourth-order valence-electron chi connectivity index (χ4n) is 2.44. The highest BCUT2D eigenvalue weighted by Gasteiger charge is 2.13. The minimum absolute atomic E-state index is 0.0591. The molecule has 0 atom stereocenters. The smallest absolute Gasteiger partial charge is 0.187 e. The van der Waals surface area contributed by atoms with Gasteiger partial charge in [0.05, 0.1) is 12.8 Å². The van der Waals surface area contributed by atoms with Crippen molar-refractivity contribution in [1.82, 2.24) is 4.98 Å². The first-order valence-electron chi connectivity index (χ1n) is 9.27. The predicted octanol–water partition coefficient (Wildman–Crippen LogP) is 6.22. The van der Waals surface area contributed by atoms with Gasteiger partial charge < -0.3 is 9.84 Å². The van der Waals surface area contributed by atoms with Crippen LogP contribution in [0.3, 0.4) is 0 Å². The van der Waals surface area contributed by atoms with Gasteiger partial charge in [0.2, 0.25) is 0 Å². The molecule has 0 bridgehead atoms. The molecule has 2 aromatic rings. The molecule has 2 rings (SSSR count). The summed E-state index contributed by atoms with van der Waals surface area (Å²) in [4.78, 5) is 4.51. The number of rotatable bonds is 10. The van der Waals surface area contributed by atoms with Crippen molar-refractivity contribution in [3.63, 3.8) is 0 Å². The lowest BCUT2D eigenvalue weighted by atomic mass is 10.1. The molecule has 0 amide bonds. The summed E-state index contributed by atoms with van der Waals surface area (Å²) >= 11 is 1.43. The Morgan fingerprint density at radius 1 is 1.41 bits per heavy atom. The molecule has 3 N–H and O–H groups in total. The van der Waals surface area contributed by atoms with E-state index in [1.165, 1.54) is 18.4 Å². The molecular formula is C22H27N3O3S. The van der Waals surface area contributed by atoms with E-state index in [1.807, 2.05) is 31.2 Å². The van der Waals surface area contributed by atoms with Crippen LogP contribution in [0.2, 0.25) is 0 Å². The molecule has 0 aliphatic heterocycles.